The van der Waals surface area contributed by atoms with Crippen LogP contribution in [0.15, 0.2) is 41.5 Å². The molecule has 0 aliphatic rings. The molecule has 0 saturated heterocycles. The molecule has 0 fully saturated rings. The Labute approximate surface area is 113 Å². The molecule has 0 spiro atoms. The van der Waals surface area contributed by atoms with Crippen molar-refractivity contribution in [2.75, 3.05) is 5.32 Å². The normalized spacial score (nSPS) is 10.8. The van der Waals surface area contributed by atoms with Crippen molar-refractivity contribution in [3.05, 3.63) is 58.3 Å². The summed E-state index contributed by atoms with van der Waals surface area (Å²) in [4.78, 5) is 15.4. The molecule has 0 bridgehead atoms. The van der Waals surface area contributed by atoms with Crippen molar-refractivity contribution in [3.8, 4) is 0 Å². The molecule has 2 aromatic heterocycles. The molecule has 1 aromatic carbocycles. The van der Waals surface area contributed by atoms with Crippen LogP contribution in [0.4, 0.5) is 5.82 Å². The maximum atomic E-state index is 11.3. The summed E-state index contributed by atoms with van der Waals surface area (Å²) in [7, 11) is 0. The molecule has 7 heteroatoms. The van der Waals surface area contributed by atoms with Gasteiger partial charge >= 0.3 is 5.69 Å². The average Bonchev–Trinajstić information content (AvgIpc) is 2.87. The van der Waals surface area contributed by atoms with E-state index in [1.807, 2.05) is 24.3 Å². The number of anilines is 1. The highest BCUT2D eigenvalue weighted by Crippen LogP contribution is 2.09. The van der Waals surface area contributed by atoms with Gasteiger partial charge in [0.1, 0.15) is 12.1 Å². The van der Waals surface area contributed by atoms with Crippen LogP contribution in [0.3, 0.4) is 0 Å². The largest absolute Gasteiger partial charge is 0.392 e. The molecule has 0 saturated carbocycles. The monoisotopic (exact) mass is 271 g/mol. The van der Waals surface area contributed by atoms with Crippen LogP contribution in [0, 0.1) is 0 Å². The number of nitrogens with zero attached hydrogens (tertiary/aromatic N) is 3. The molecule has 0 amide bonds. The fourth-order valence-electron chi connectivity index (χ4n) is 1.86. The molecule has 3 N–H and O–H groups in total. The van der Waals surface area contributed by atoms with Crippen molar-refractivity contribution in [1.82, 2.24) is 19.6 Å². The van der Waals surface area contributed by atoms with Crippen molar-refractivity contribution in [2.45, 2.75) is 13.2 Å². The summed E-state index contributed by atoms with van der Waals surface area (Å²) in [5.41, 5.74) is 2.16. The number of hydrogen-bond acceptors (Lipinski definition) is 5. The van der Waals surface area contributed by atoms with Crippen molar-refractivity contribution in [2.24, 2.45) is 0 Å². The number of aliphatic hydroxyl groups excluding tert-OH is 1. The summed E-state index contributed by atoms with van der Waals surface area (Å²) < 4.78 is 1.33. The van der Waals surface area contributed by atoms with Crippen LogP contribution < -0.4 is 11.0 Å². The Bertz CT molecular complexity index is 775. The Morgan fingerprint density at radius 1 is 1.25 bits per heavy atom. The minimum atomic E-state index is -0.307. The Balaban J connectivity index is 1.74. The van der Waals surface area contributed by atoms with Crippen molar-refractivity contribution in [1.29, 1.82) is 0 Å². The summed E-state index contributed by atoms with van der Waals surface area (Å²) in [6, 6.07) is 9.33. The molecule has 20 heavy (non-hydrogen) atoms. The first kappa shape index (κ1) is 12.4. The Morgan fingerprint density at radius 2 is 2.00 bits per heavy atom. The second-order valence-electron chi connectivity index (χ2n) is 4.36. The number of aromatic nitrogens is 4. The van der Waals surface area contributed by atoms with E-state index in [1.54, 1.807) is 6.07 Å². The molecule has 0 aliphatic carbocycles. The first-order valence-electron chi connectivity index (χ1n) is 6.11. The molecule has 0 unspecified atom stereocenters. The summed E-state index contributed by atoms with van der Waals surface area (Å²) in [6.07, 6.45) is 1.43. The fourth-order valence-corrected chi connectivity index (χ4v) is 1.86. The van der Waals surface area contributed by atoms with E-state index in [0.29, 0.717) is 18.0 Å². The van der Waals surface area contributed by atoms with Gasteiger partial charge in [0, 0.05) is 12.6 Å². The predicted octanol–water partition coefficient (Wildman–Crippen LogP) is 0.522. The third-order valence-electron chi connectivity index (χ3n) is 2.99. The zero-order chi connectivity index (χ0) is 13.9. The highest BCUT2D eigenvalue weighted by molar-refractivity contribution is 5.48. The zero-order valence-electron chi connectivity index (χ0n) is 10.6. The number of hydrogen-bond donors (Lipinski definition) is 3. The molecule has 3 rings (SSSR count). The lowest BCUT2D eigenvalue weighted by atomic mass is 10.1. The zero-order valence-corrected chi connectivity index (χ0v) is 10.6. The molecular formula is C13H13N5O2. The van der Waals surface area contributed by atoms with Crippen LogP contribution in [-0.2, 0) is 13.2 Å². The highest BCUT2D eigenvalue weighted by Gasteiger charge is 2.02. The molecular weight excluding hydrogens is 258 g/mol. The van der Waals surface area contributed by atoms with Crippen LogP contribution in [0.1, 0.15) is 11.1 Å². The van der Waals surface area contributed by atoms with Gasteiger partial charge in [0.15, 0.2) is 5.65 Å². The lowest BCUT2D eigenvalue weighted by Crippen LogP contribution is -2.10. The number of H-pyrrole nitrogens is 1. The maximum absolute atomic E-state index is 11.3. The van der Waals surface area contributed by atoms with Gasteiger partial charge in [-0.2, -0.15) is 5.10 Å². The van der Waals surface area contributed by atoms with E-state index in [1.165, 1.54) is 10.7 Å². The average molecular weight is 271 g/mol. The van der Waals surface area contributed by atoms with Crippen LogP contribution in [-0.4, -0.2) is 24.7 Å². The van der Waals surface area contributed by atoms with E-state index in [9.17, 15) is 4.79 Å². The van der Waals surface area contributed by atoms with Gasteiger partial charge < -0.3 is 10.4 Å². The molecule has 0 aliphatic heterocycles. The molecule has 7 nitrogen and oxygen atoms in total. The van der Waals surface area contributed by atoms with Gasteiger partial charge in [-0.3, -0.25) is 0 Å². The van der Waals surface area contributed by atoms with Crippen molar-refractivity contribution >= 4 is 11.5 Å². The van der Waals surface area contributed by atoms with Gasteiger partial charge in [-0.25, -0.2) is 19.3 Å². The summed E-state index contributed by atoms with van der Waals surface area (Å²) in [6.45, 7) is 0.642. The highest BCUT2D eigenvalue weighted by atomic mass is 16.3. The standard InChI is InChI=1S/C13H13N5O2/c19-7-10-3-1-9(2-4-10)6-14-11-5-12-16-17-13(20)18(12)8-15-11/h1-5,8,14,19H,6-7H2,(H,17,20). The van der Waals surface area contributed by atoms with Gasteiger partial charge in [0.25, 0.3) is 0 Å². The Hall–Kier alpha value is -2.67. The topological polar surface area (TPSA) is 95.3 Å². The third-order valence-corrected chi connectivity index (χ3v) is 2.99. The second kappa shape index (κ2) is 5.14. The smallest absolute Gasteiger partial charge is 0.348 e. The fraction of sp³-hybridized carbons (Fsp3) is 0.154. The third kappa shape index (κ3) is 2.39. The Kier molecular flexibility index (Phi) is 3.18. The quantitative estimate of drug-likeness (QED) is 0.643. The number of nitrogens with one attached hydrogen (secondary N) is 2. The van der Waals surface area contributed by atoms with E-state index < -0.39 is 0 Å². The SMILES string of the molecule is O=c1[nH]nc2cc(NCc3ccc(CO)cc3)ncn12. The van der Waals surface area contributed by atoms with Gasteiger partial charge in [-0.05, 0) is 11.1 Å². The van der Waals surface area contributed by atoms with E-state index in [0.717, 1.165) is 11.1 Å². The number of rotatable bonds is 4. The molecule has 102 valence electrons. The van der Waals surface area contributed by atoms with Crippen molar-refractivity contribution in [3.63, 3.8) is 0 Å². The molecule has 0 radical (unpaired) electrons. The van der Waals surface area contributed by atoms with E-state index in [2.05, 4.69) is 20.5 Å². The summed E-state index contributed by atoms with van der Waals surface area (Å²) >= 11 is 0. The minimum Gasteiger partial charge on any atom is -0.392 e. The number of aliphatic hydroxyl groups is 1. The van der Waals surface area contributed by atoms with Gasteiger partial charge in [-0.1, -0.05) is 24.3 Å². The first-order valence-corrected chi connectivity index (χ1v) is 6.11. The Morgan fingerprint density at radius 3 is 2.75 bits per heavy atom. The lowest BCUT2D eigenvalue weighted by Gasteiger charge is -2.06. The number of benzene rings is 1. The van der Waals surface area contributed by atoms with E-state index in [4.69, 9.17) is 5.11 Å². The first-order chi connectivity index (χ1) is 9.76. The van der Waals surface area contributed by atoms with E-state index in [-0.39, 0.29) is 12.3 Å². The molecule has 0 atom stereocenters. The van der Waals surface area contributed by atoms with Crippen molar-refractivity contribution < 1.29 is 5.11 Å². The summed E-state index contributed by atoms with van der Waals surface area (Å²) in [5.74, 6) is 0.641. The van der Waals surface area contributed by atoms with Crippen LogP contribution >= 0.6 is 0 Å². The number of aromatic amines is 1. The van der Waals surface area contributed by atoms with Crippen LogP contribution in [0.2, 0.25) is 0 Å². The molecule has 2 heterocycles. The lowest BCUT2D eigenvalue weighted by molar-refractivity contribution is 0.282. The number of fused-ring (bicyclic) bond motifs is 1. The van der Waals surface area contributed by atoms with Crippen LogP contribution in [0.25, 0.3) is 5.65 Å². The maximum Gasteiger partial charge on any atom is 0.348 e. The minimum absolute atomic E-state index is 0.0415. The van der Waals surface area contributed by atoms with Gasteiger partial charge in [0.05, 0.1) is 6.61 Å². The van der Waals surface area contributed by atoms with Gasteiger partial charge in [0.2, 0.25) is 0 Å². The molecule has 3 aromatic rings. The predicted molar refractivity (Wildman–Crippen MR) is 73.3 cm³/mol. The summed E-state index contributed by atoms with van der Waals surface area (Å²) in [5, 5.41) is 18.4. The van der Waals surface area contributed by atoms with Gasteiger partial charge in [-0.15, -0.1) is 0 Å². The van der Waals surface area contributed by atoms with E-state index >= 15 is 0 Å². The van der Waals surface area contributed by atoms with Crippen LogP contribution in [0.5, 0.6) is 0 Å². The second-order valence-corrected chi connectivity index (χ2v) is 4.36.